The van der Waals surface area contributed by atoms with Gasteiger partial charge in [-0.2, -0.15) is 0 Å². The van der Waals surface area contributed by atoms with Gasteiger partial charge in [0.25, 0.3) is 0 Å². The van der Waals surface area contributed by atoms with Crippen LogP contribution in [-0.4, -0.2) is 4.98 Å². The van der Waals surface area contributed by atoms with Crippen molar-refractivity contribution in [2.75, 3.05) is 0 Å². The van der Waals surface area contributed by atoms with Crippen molar-refractivity contribution in [3.8, 4) is 0 Å². The minimum Gasteiger partial charge on any atom is -0.234 e. The van der Waals surface area contributed by atoms with Crippen LogP contribution < -0.4 is 0 Å². The molecular weight excluding hydrogens is 253 g/mol. The highest BCUT2D eigenvalue weighted by Crippen LogP contribution is 2.33. The van der Waals surface area contributed by atoms with E-state index in [0.717, 1.165) is 22.0 Å². The largest absolute Gasteiger partial charge is 0.234 e. The van der Waals surface area contributed by atoms with Gasteiger partial charge in [-0.25, -0.2) is 4.98 Å². The van der Waals surface area contributed by atoms with E-state index >= 15 is 0 Å². The van der Waals surface area contributed by atoms with Gasteiger partial charge in [-0.15, -0.1) is 0 Å². The molecule has 0 unspecified atom stereocenters. The molecule has 1 nitrogen and oxygen atoms in total. The van der Waals surface area contributed by atoms with Crippen molar-refractivity contribution in [1.29, 1.82) is 0 Å². The summed E-state index contributed by atoms with van der Waals surface area (Å²) in [5, 5.41) is 2.24. The van der Waals surface area contributed by atoms with E-state index in [2.05, 4.69) is 37.9 Å². The van der Waals surface area contributed by atoms with E-state index in [0.29, 0.717) is 10.2 Å². The highest BCUT2D eigenvalue weighted by molar-refractivity contribution is 6.36. The summed E-state index contributed by atoms with van der Waals surface area (Å²) in [5.74, 6) is 0. The quantitative estimate of drug-likeness (QED) is 0.602. The second-order valence-corrected chi connectivity index (χ2v) is 6.16. The van der Waals surface area contributed by atoms with Gasteiger partial charge in [0.1, 0.15) is 5.15 Å². The topological polar surface area (TPSA) is 12.9 Å². The molecular formula is C14H15Cl2N. The molecule has 1 aromatic carbocycles. The minimum atomic E-state index is -0.0193. The Bertz CT molecular complexity index is 583. The number of benzene rings is 1. The van der Waals surface area contributed by atoms with E-state index in [1.165, 1.54) is 0 Å². The van der Waals surface area contributed by atoms with Gasteiger partial charge in [0, 0.05) is 5.39 Å². The van der Waals surface area contributed by atoms with E-state index < -0.39 is 0 Å². The van der Waals surface area contributed by atoms with Crippen LogP contribution in [0.25, 0.3) is 10.9 Å². The standard InChI is InChI=1S/C14H15Cl2N/c1-8-5-9-7-10(14(2,3)4)13(16)17-12(9)11(15)6-8/h5-7H,1-4H3. The summed E-state index contributed by atoms with van der Waals surface area (Å²) in [5.41, 5.74) is 2.93. The minimum absolute atomic E-state index is 0.0193. The Kier molecular flexibility index (Phi) is 3.09. The Labute approximate surface area is 112 Å². The maximum absolute atomic E-state index is 6.23. The third-order valence-corrected chi connectivity index (χ3v) is 3.35. The monoisotopic (exact) mass is 267 g/mol. The summed E-state index contributed by atoms with van der Waals surface area (Å²) in [6.07, 6.45) is 0. The highest BCUT2D eigenvalue weighted by atomic mass is 35.5. The van der Waals surface area contributed by atoms with Gasteiger partial charge >= 0.3 is 0 Å². The van der Waals surface area contributed by atoms with Gasteiger partial charge in [-0.3, -0.25) is 0 Å². The van der Waals surface area contributed by atoms with Crippen molar-refractivity contribution in [3.05, 3.63) is 39.5 Å². The molecule has 17 heavy (non-hydrogen) atoms. The molecule has 0 saturated heterocycles. The van der Waals surface area contributed by atoms with Crippen molar-refractivity contribution in [1.82, 2.24) is 4.98 Å². The lowest BCUT2D eigenvalue weighted by Gasteiger charge is -2.20. The lowest BCUT2D eigenvalue weighted by Crippen LogP contribution is -2.12. The van der Waals surface area contributed by atoms with Crippen molar-refractivity contribution in [2.45, 2.75) is 33.1 Å². The molecule has 0 atom stereocenters. The summed E-state index contributed by atoms with van der Waals surface area (Å²) < 4.78 is 0. The number of pyridine rings is 1. The molecule has 0 bridgehead atoms. The van der Waals surface area contributed by atoms with Crippen LogP contribution in [0.15, 0.2) is 18.2 Å². The van der Waals surface area contributed by atoms with Crippen LogP contribution in [0.3, 0.4) is 0 Å². The number of aromatic nitrogens is 1. The van der Waals surface area contributed by atoms with Crippen molar-refractivity contribution < 1.29 is 0 Å². The molecule has 0 spiro atoms. The molecule has 0 aliphatic heterocycles. The Morgan fingerprint density at radius 2 is 1.71 bits per heavy atom. The first kappa shape index (κ1) is 12.7. The van der Waals surface area contributed by atoms with Crippen molar-refractivity contribution in [2.24, 2.45) is 0 Å². The lowest BCUT2D eigenvalue weighted by molar-refractivity contribution is 0.589. The maximum Gasteiger partial charge on any atom is 0.133 e. The smallest absolute Gasteiger partial charge is 0.133 e. The number of aryl methyl sites for hydroxylation is 1. The Morgan fingerprint density at radius 3 is 2.29 bits per heavy atom. The van der Waals surface area contributed by atoms with E-state index in [4.69, 9.17) is 23.2 Å². The summed E-state index contributed by atoms with van der Waals surface area (Å²) in [4.78, 5) is 4.42. The van der Waals surface area contributed by atoms with E-state index in [1.54, 1.807) is 0 Å². The normalized spacial score (nSPS) is 12.1. The molecule has 1 aromatic heterocycles. The van der Waals surface area contributed by atoms with E-state index in [9.17, 15) is 0 Å². The van der Waals surface area contributed by atoms with Gasteiger partial charge < -0.3 is 0 Å². The average molecular weight is 268 g/mol. The molecule has 0 aliphatic rings. The van der Waals surface area contributed by atoms with Crippen LogP contribution >= 0.6 is 23.2 Å². The molecule has 3 heteroatoms. The van der Waals surface area contributed by atoms with Crippen LogP contribution in [-0.2, 0) is 5.41 Å². The Morgan fingerprint density at radius 1 is 1.06 bits per heavy atom. The van der Waals surface area contributed by atoms with Crippen LogP contribution in [0.2, 0.25) is 10.2 Å². The molecule has 90 valence electrons. The van der Waals surface area contributed by atoms with Gasteiger partial charge in [-0.05, 0) is 41.7 Å². The highest BCUT2D eigenvalue weighted by Gasteiger charge is 2.19. The second kappa shape index (κ2) is 4.15. The fourth-order valence-electron chi connectivity index (χ4n) is 1.89. The number of rotatable bonds is 0. The fourth-order valence-corrected chi connectivity index (χ4v) is 2.63. The first-order valence-electron chi connectivity index (χ1n) is 5.56. The first-order valence-corrected chi connectivity index (χ1v) is 6.31. The predicted molar refractivity (Wildman–Crippen MR) is 75.2 cm³/mol. The number of hydrogen-bond donors (Lipinski definition) is 0. The third-order valence-electron chi connectivity index (χ3n) is 2.78. The van der Waals surface area contributed by atoms with Gasteiger partial charge in [0.05, 0.1) is 10.5 Å². The third kappa shape index (κ3) is 2.41. The van der Waals surface area contributed by atoms with Gasteiger partial charge in [0.15, 0.2) is 0 Å². The number of halogens is 2. The number of hydrogen-bond acceptors (Lipinski definition) is 1. The van der Waals surface area contributed by atoms with Crippen LogP contribution in [0, 0.1) is 6.92 Å². The molecule has 2 rings (SSSR count). The van der Waals surface area contributed by atoms with Crippen molar-refractivity contribution >= 4 is 34.1 Å². The Hall–Kier alpha value is -0.790. The second-order valence-electron chi connectivity index (χ2n) is 5.40. The molecule has 0 radical (unpaired) electrons. The molecule has 0 N–H and O–H groups in total. The summed E-state index contributed by atoms with van der Waals surface area (Å²) in [6, 6.07) is 6.08. The van der Waals surface area contributed by atoms with Crippen molar-refractivity contribution in [3.63, 3.8) is 0 Å². The maximum atomic E-state index is 6.23. The first-order chi connectivity index (χ1) is 7.79. The molecule has 0 aliphatic carbocycles. The lowest BCUT2D eigenvalue weighted by atomic mass is 9.87. The fraction of sp³-hybridized carbons (Fsp3) is 0.357. The zero-order valence-corrected chi connectivity index (χ0v) is 11.9. The van der Waals surface area contributed by atoms with E-state index in [1.807, 2.05) is 13.0 Å². The number of nitrogens with zero attached hydrogens (tertiary/aromatic N) is 1. The Balaban J connectivity index is 2.81. The molecule has 0 amide bonds. The summed E-state index contributed by atoms with van der Waals surface area (Å²) >= 11 is 12.4. The zero-order valence-electron chi connectivity index (χ0n) is 10.4. The predicted octanol–water partition coefficient (Wildman–Crippen LogP) is 5.15. The number of fused-ring (bicyclic) bond motifs is 1. The summed E-state index contributed by atoms with van der Waals surface area (Å²) in [6.45, 7) is 8.40. The van der Waals surface area contributed by atoms with Crippen LogP contribution in [0.5, 0.6) is 0 Å². The average Bonchev–Trinajstić information content (AvgIpc) is 2.16. The SMILES string of the molecule is Cc1cc(Cl)c2nc(Cl)c(C(C)(C)C)cc2c1. The molecule has 0 fully saturated rings. The summed E-state index contributed by atoms with van der Waals surface area (Å²) in [7, 11) is 0. The van der Waals surface area contributed by atoms with Gasteiger partial charge in [-0.1, -0.05) is 44.0 Å². The van der Waals surface area contributed by atoms with Crippen LogP contribution in [0.1, 0.15) is 31.9 Å². The van der Waals surface area contributed by atoms with Gasteiger partial charge in [0.2, 0.25) is 0 Å². The molecule has 1 heterocycles. The van der Waals surface area contributed by atoms with E-state index in [-0.39, 0.29) is 5.41 Å². The molecule has 2 aromatic rings. The molecule has 0 saturated carbocycles. The zero-order chi connectivity index (χ0) is 12.8. The van der Waals surface area contributed by atoms with Crippen LogP contribution in [0.4, 0.5) is 0 Å².